The molecule has 0 bridgehead atoms. The lowest BCUT2D eigenvalue weighted by Gasteiger charge is -2.21. The molecule has 0 amide bonds. The van der Waals surface area contributed by atoms with Crippen LogP contribution in [0.2, 0.25) is 0 Å². The molecule has 1 aliphatic carbocycles. The highest BCUT2D eigenvalue weighted by molar-refractivity contribution is 5.69. The van der Waals surface area contributed by atoms with Crippen molar-refractivity contribution < 1.29 is 14.3 Å². The smallest absolute Gasteiger partial charge is 0.305 e. The lowest BCUT2D eigenvalue weighted by Crippen LogP contribution is -2.25. The Bertz CT molecular complexity index is 302. The summed E-state index contributed by atoms with van der Waals surface area (Å²) in [6, 6.07) is 0. The van der Waals surface area contributed by atoms with Gasteiger partial charge in [-0.2, -0.15) is 0 Å². The quantitative estimate of drug-likeness (QED) is 0.381. The molecule has 0 aromatic carbocycles. The van der Waals surface area contributed by atoms with E-state index in [1.54, 1.807) is 0 Å². The molecular formula is C16H28O3. The first-order chi connectivity index (χ1) is 9.14. The maximum absolute atomic E-state index is 11.6. The minimum absolute atomic E-state index is 0.0125. The number of fused-ring (bicyclic) bond motifs is 1. The molecule has 2 fully saturated rings. The van der Waals surface area contributed by atoms with Gasteiger partial charge in [0.2, 0.25) is 0 Å². The second kappa shape index (κ2) is 6.74. The molecule has 0 aromatic rings. The Hall–Kier alpha value is -0.570. The zero-order valence-electron chi connectivity index (χ0n) is 12.5. The number of rotatable bonds is 8. The van der Waals surface area contributed by atoms with Gasteiger partial charge in [-0.05, 0) is 38.5 Å². The van der Waals surface area contributed by atoms with Gasteiger partial charge in [0, 0.05) is 6.42 Å². The molecule has 1 heterocycles. The second-order valence-corrected chi connectivity index (χ2v) is 6.41. The summed E-state index contributed by atoms with van der Waals surface area (Å²) in [5.41, 5.74) is 0.166. The van der Waals surface area contributed by atoms with Crippen LogP contribution in [0.4, 0.5) is 0 Å². The molecule has 0 N–H and O–H groups in total. The molecule has 0 radical (unpaired) electrons. The third kappa shape index (κ3) is 4.48. The summed E-state index contributed by atoms with van der Waals surface area (Å²) in [6.07, 6.45) is 10.2. The topological polar surface area (TPSA) is 38.8 Å². The number of hydrogen-bond donors (Lipinski definition) is 0. The van der Waals surface area contributed by atoms with E-state index in [0.717, 1.165) is 32.1 Å². The number of carbonyl (C=O) groups is 1. The predicted molar refractivity (Wildman–Crippen MR) is 75.0 cm³/mol. The lowest BCUT2D eigenvalue weighted by atomic mass is 9.83. The van der Waals surface area contributed by atoms with Crippen LogP contribution in [-0.4, -0.2) is 24.3 Å². The summed E-state index contributed by atoms with van der Waals surface area (Å²) in [7, 11) is 0. The number of unbranched alkanes of at least 4 members (excludes halogenated alkanes) is 4. The van der Waals surface area contributed by atoms with Crippen molar-refractivity contribution in [2.24, 2.45) is 5.92 Å². The highest BCUT2D eigenvalue weighted by atomic mass is 16.6. The number of ether oxygens (including phenoxy) is 2. The maximum atomic E-state index is 11.6. The number of esters is 1. The molecule has 2 aliphatic rings. The molecule has 3 unspecified atom stereocenters. The van der Waals surface area contributed by atoms with Gasteiger partial charge in [-0.3, -0.25) is 4.79 Å². The van der Waals surface area contributed by atoms with E-state index in [-0.39, 0.29) is 11.6 Å². The van der Waals surface area contributed by atoms with E-state index in [2.05, 4.69) is 13.8 Å². The summed E-state index contributed by atoms with van der Waals surface area (Å²) in [5, 5.41) is 0. The third-order valence-electron chi connectivity index (χ3n) is 4.60. The molecule has 0 spiro atoms. The Morgan fingerprint density at radius 1 is 1.32 bits per heavy atom. The van der Waals surface area contributed by atoms with Crippen molar-refractivity contribution in [3.05, 3.63) is 0 Å². The molecule has 1 aliphatic heterocycles. The molecule has 19 heavy (non-hydrogen) atoms. The van der Waals surface area contributed by atoms with Crippen LogP contribution < -0.4 is 0 Å². The molecule has 1 saturated carbocycles. The van der Waals surface area contributed by atoms with E-state index in [1.807, 2.05) is 0 Å². The number of epoxide rings is 1. The third-order valence-corrected chi connectivity index (χ3v) is 4.60. The Morgan fingerprint density at radius 2 is 2.11 bits per heavy atom. The zero-order chi connectivity index (χ0) is 13.7. The Morgan fingerprint density at radius 3 is 2.84 bits per heavy atom. The van der Waals surface area contributed by atoms with Crippen molar-refractivity contribution in [1.29, 1.82) is 0 Å². The van der Waals surface area contributed by atoms with E-state index in [1.165, 1.54) is 19.3 Å². The van der Waals surface area contributed by atoms with Crippen molar-refractivity contribution in [3.8, 4) is 0 Å². The highest BCUT2D eigenvalue weighted by Crippen LogP contribution is 2.49. The van der Waals surface area contributed by atoms with Crippen LogP contribution in [-0.2, 0) is 14.3 Å². The first kappa shape index (κ1) is 14.8. The van der Waals surface area contributed by atoms with Gasteiger partial charge in [0.05, 0.1) is 18.3 Å². The normalized spacial score (nSPS) is 32.7. The molecule has 3 heteroatoms. The first-order valence-corrected chi connectivity index (χ1v) is 7.97. The van der Waals surface area contributed by atoms with Crippen LogP contribution in [0.1, 0.15) is 71.6 Å². The SMILES string of the molecule is CCCCCCCC(=O)OCC1CCC2(C)OC2C1. The minimum atomic E-state index is -0.0125. The van der Waals surface area contributed by atoms with Crippen LogP contribution in [0.25, 0.3) is 0 Å². The van der Waals surface area contributed by atoms with Gasteiger partial charge >= 0.3 is 5.97 Å². The van der Waals surface area contributed by atoms with Crippen LogP contribution in [0, 0.1) is 5.92 Å². The average molecular weight is 268 g/mol. The van der Waals surface area contributed by atoms with Crippen molar-refractivity contribution in [2.75, 3.05) is 6.61 Å². The van der Waals surface area contributed by atoms with Gasteiger partial charge in [-0.15, -0.1) is 0 Å². The van der Waals surface area contributed by atoms with Gasteiger partial charge in [0.25, 0.3) is 0 Å². The van der Waals surface area contributed by atoms with Crippen molar-refractivity contribution in [1.82, 2.24) is 0 Å². The number of carbonyl (C=O) groups excluding carboxylic acids is 1. The Labute approximate surface area is 117 Å². The fourth-order valence-corrected chi connectivity index (χ4v) is 3.03. The Kier molecular flexibility index (Phi) is 5.26. The maximum Gasteiger partial charge on any atom is 0.305 e. The molecule has 110 valence electrons. The molecule has 1 saturated heterocycles. The van der Waals surface area contributed by atoms with E-state index < -0.39 is 0 Å². The zero-order valence-corrected chi connectivity index (χ0v) is 12.5. The van der Waals surface area contributed by atoms with Crippen LogP contribution in [0.15, 0.2) is 0 Å². The molecule has 3 atom stereocenters. The van der Waals surface area contributed by atoms with Gasteiger partial charge < -0.3 is 9.47 Å². The predicted octanol–water partition coefficient (Wildman–Crippen LogP) is 3.85. The summed E-state index contributed by atoms with van der Waals surface area (Å²) < 4.78 is 11.1. The van der Waals surface area contributed by atoms with Crippen LogP contribution in [0.3, 0.4) is 0 Å². The van der Waals surface area contributed by atoms with Gasteiger partial charge in [0.15, 0.2) is 0 Å². The van der Waals surface area contributed by atoms with Gasteiger partial charge in [0.1, 0.15) is 0 Å². The summed E-state index contributed by atoms with van der Waals surface area (Å²) in [5.74, 6) is 0.506. The highest BCUT2D eigenvalue weighted by Gasteiger charge is 2.55. The second-order valence-electron chi connectivity index (χ2n) is 6.41. The van der Waals surface area contributed by atoms with Gasteiger partial charge in [-0.25, -0.2) is 0 Å². The minimum Gasteiger partial charge on any atom is -0.465 e. The first-order valence-electron chi connectivity index (χ1n) is 7.97. The van der Waals surface area contributed by atoms with Crippen molar-refractivity contribution >= 4 is 5.97 Å². The molecule has 2 rings (SSSR count). The van der Waals surface area contributed by atoms with E-state index in [4.69, 9.17) is 9.47 Å². The van der Waals surface area contributed by atoms with Crippen LogP contribution in [0.5, 0.6) is 0 Å². The van der Waals surface area contributed by atoms with Crippen LogP contribution >= 0.6 is 0 Å². The average Bonchev–Trinajstić information content (AvgIpc) is 3.07. The van der Waals surface area contributed by atoms with Crippen molar-refractivity contribution in [2.45, 2.75) is 83.3 Å². The van der Waals surface area contributed by atoms with Gasteiger partial charge in [-0.1, -0.05) is 32.6 Å². The molecule has 3 nitrogen and oxygen atoms in total. The monoisotopic (exact) mass is 268 g/mol. The summed E-state index contributed by atoms with van der Waals surface area (Å²) in [4.78, 5) is 11.6. The molecule has 0 aromatic heterocycles. The number of hydrogen-bond acceptors (Lipinski definition) is 3. The summed E-state index contributed by atoms with van der Waals surface area (Å²) >= 11 is 0. The fourth-order valence-electron chi connectivity index (χ4n) is 3.03. The summed E-state index contributed by atoms with van der Waals surface area (Å²) in [6.45, 7) is 4.99. The Balaban J connectivity index is 1.49. The van der Waals surface area contributed by atoms with E-state index in [0.29, 0.717) is 25.0 Å². The lowest BCUT2D eigenvalue weighted by molar-refractivity contribution is -0.145. The fraction of sp³-hybridized carbons (Fsp3) is 0.938. The van der Waals surface area contributed by atoms with E-state index >= 15 is 0 Å². The molecular weight excluding hydrogens is 240 g/mol. The van der Waals surface area contributed by atoms with E-state index in [9.17, 15) is 4.79 Å². The van der Waals surface area contributed by atoms with Crippen molar-refractivity contribution in [3.63, 3.8) is 0 Å². The standard InChI is InChI=1S/C16H28O3/c1-3-4-5-6-7-8-15(17)18-12-13-9-10-16(2)14(11-13)19-16/h13-14H,3-12H2,1-2H3. The largest absolute Gasteiger partial charge is 0.465 e.